The SMILES string of the molecule is CC(C)(C)OC(=O)NCC1O[C@H](O[C@@H]2C(NC(=O)OC(C)(C)C)C[C@@H](NC(=O)CN=[N+]=[N-])[C@@H](O[C@H]3OC(CO)[C@@H](O)[C@@H](NC(=O)C(F)(F)F)C3O)C2O)C(O)[C@@H](O)[C@@H]1O. The summed E-state index contributed by atoms with van der Waals surface area (Å²) in [5.41, 5.74) is 6.70. The topological polar surface area (TPSA) is 362 Å². The number of hydrogen-bond acceptors (Lipinski definition) is 18. The standard InChI is InChI=1S/C32H52F3N7O17/c1-30(2,3)58-28(52)37-8-13-18(46)20(48)21(49)26(54-13)57-24-12(40-29(53)59-31(4,5)6)7-11(39-15(44)9-38-42-36)23(22(24)50)56-25-19(47)16(17(45)14(10-43)55-25)41-27(51)32(33,34)35/h11-14,16-26,43,45-50H,7-10H2,1-6H3,(H,37,52)(H,39,44)(H,40,53)(H,41,51)/t11-,12?,13?,14?,16-,17-,18-,19?,20+,21?,22?,23-,24-,25-,26-/m1/s1. The molecular weight excluding hydrogens is 811 g/mol. The number of azide groups is 1. The Balaban J connectivity index is 2.04. The normalized spacial score (nSPS) is 35.4. The summed E-state index contributed by atoms with van der Waals surface area (Å²) in [6.45, 7) is 6.81. The van der Waals surface area contributed by atoms with Crippen molar-refractivity contribution in [3.63, 3.8) is 0 Å². The summed E-state index contributed by atoms with van der Waals surface area (Å²) in [5.74, 6) is -3.60. The lowest BCUT2D eigenvalue weighted by Gasteiger charge is -2.49. The maximum Gasteiger partial charge on any atom is 0.471 e. The Morgan fingerprint density at radius 2 is 1.25 bits per heavy atom. The first kappa shape index (κ1) is 49.5. The summed E-state index contributed by atoms with van der Waals surface area (Å²) in [5, 5.41) is 87.4. The van der Waals surface area contributed by atoms with Crippen LogP contribution in [0.3, 0.4) is 0 Å². The first-order valence-corrected chi connectivity index (χ1v) is 18.1. The minimum absolute atomic E-state index is 0.529. The van der Waals surface area contributed by atoms with Crippen LogP contribution >= 0.6 is 0 Å². The van der Waals surface area contributed by atoms with Crippen LogP contribution in [0.5, 0.6) is 0 Å². The van der Waals surface area contributed by atoms with E-state index in [1.807, 2.05) is 0 Å². The minimum Gasteiger partial charge on any atom is -0.444 e. The van der Waals surface area contributed by atoms with E-state index in [0.29, 0.717) is 0 Å². The van der Waals surface area contributed by atoms with Crippen molar-refractivity contribution in [1.82, 2.24) is 21.3 Å². The van der Waals surface area contributed by atoms with Gasteiger partial charge < -0.3 is 85.4 Å². The predicted molar refractivity (Wildman–Crippen MR) is 186 cm³/mol. The molecule has 0 radical (unpaired) electrons. The van der Waals surface area contributed by atoms with Gasteiger partial charge in [0.05, 0.1) is 24.7 Å². The molecule has 2 aliphatic heterocycles. The summed E-state index contributed by atoms with van der Waals surface area (Å²) in [6, 6.07) is -5.22. The molecule has 0 aromatic rings. The summed E-state index contributed by atoms with van der Waals surface area (Å²) < 4.78 is 72.9. The zero-order valence-electron chi connectivity index (χ0n) is 32.7. The van der Waals surface area contributed by atoms with E-state index in [1.54, 1.807) is 20.8 Å². The van der Waals surface area contributed by atoms with Gasteiger partial charge in [-0.05, 0) is 53.5 Å². The molecule has 4 amide bonds. The first-order chi connectivity index (χ1) is 27.2. The van der Waals surface area contributed by atoms with Crippen molar-refractivity contribution in [2.75, 3.05) is 19.7 Å². The van der Waals surface area contributed by atoms with E-state index in [1.165, 1.54) is 26.1 Å². The molecule has 15 atom stereocenters. The summed E-state index contributed by atoms with van der Waals surface area (Å²) >= 11 is 0. The molecule has 0 aromatic carbocycles. The van der Waals surface area contributed by atoms with E-state index in [-0.39, 0.29) is 0 Å². The number of aliphatic hydroxyl groups excluding tert-OH is 7. The fraction of sp³-hybridized carbons (Fsp3) is 0.875. The fourth-order valence-electron chi connectivity index (χ4n) is 6.25. The van der Waals surface area contributed by atoms with Crippen molar-refractivity contribution in [2.24, 2.45) is 5.11 Å². The van der Waals surface area contributed by atoms with Crippen molar-refractivity contribution >= 4 is 24.0 Å². The smallest absolute Gasteiger partial charge is 0.444 e. The highest BCUT2D eigenvalue weighted by atomic mass is 19.4. The van der Waals surface area contributed by atoms with E-state index in [4.69, 9.17) is 34.0 Å². The maximum atomic E-state index is 13.2. The Bertz CT molecular complexity index is 1510. The molecule has 0 aromatic heterocycles. The number of rotatable bonds is 12. The lowest BCUT2D eigenvalue weighted by Crippen LogP contribution is -2.71. The summed E-state index contributed by atoms with van der Waals surface area (Å²) in [4.78, 5) is 52.5. The Kier molecular flexibility index (Phi) is 16.9. The van der Waals surface area contributed by atoms with Crippen LogP contribution in [0.1, 0.15) is 48.0 Å². The molecule has 2 heterocycles. The van der Waals surface area contributed by atoms with Crippen LogP contribution in [-0.4, -0.2) is 189 Å². The van der Waals surface area contributed by atoms with Gasteiger partial charge in [-0.3, -0.25) is 9.59 Å². The zero-order valence-corrected chi connectivity index (χ0v) is 32.7. The molecule has 338 valence electrons. The number of alkyl carbamates (subject to hydrolysis) is 2. The number of aliphatic hydroxyl groups is 7. The van der Waals surface area contributed by atoms with Crippen molar-refractivity contribution in [3.05, 3.63) is 10.4 Å². The third-order valence-corrected chi connectivity index (χ3v) is 8.84. The third-order valence-electron chi connectivity index (χ3n) is 8.84. The van der Waals surface area contributed by atoms with Crippen molar-refractivity contribution in [1.29, 1.82) is 0 Å². The number of nitrogens with zero attached hydrogens (tertiary/aromatic N) is 3. The molecule has 0 spiro atoms. The van der Waals surface area contributed by atoms with E-state index in [2.05, 4.69) is 26.0 Å². The van der Waals surface area contributed by atoms with Crippen molar-refractivity contribution in [3.8, 4) is 0 Å². The van der Waals surface area contributed by atoms with Crippen molar-refractivity contribution < 1.29 is 96.5 Å². The Hall–Kier alpha value is -3.86. The van der Waals surface area contributed by atoms with Crippen molar-refractivity contribution in [2.45, 2.75) is 157 Å². The van der Waals surface area contributed by atoms with Crippen LogP contribution in [0.15, 0.2) is 5.11 Å². The van der Waals surface area contributed by atoms with Crippen LogP contribution in [0.25, 0.3) is 10.4 Å². The van der Waals surface area contributed by atoms with E-state index >= 15 is 0 Å². The number of nitrogens with one attached hydrogen (secondary N) is 4. The van der Waals surface area contributed by atoms with Gasteiger partial charge >= 0.3 is 24.3 Å². The lowest BCUT2D eigenvalue weighted by molar-refractivity contribution is -0.334. The summed E-state index contributed by atoms with van der Waals surface area (Å²) in [6.07, 6.45) is -32.1. The number of amides is 4. The van der Waals surface area contributed by atoms with Crippen LogP contribution in [0, 0.1) is 0 Å². The van der Waals surface area contributed by atoms with Gasteiger partial charge in [0, 0.05) is 11.5 Å². The average Bonchev–Trinajstić information content (AvgIpc) is 3.10. The van der Waals surface area contributed by atoms with Crippen LogP contribution in [0.2, 0.25) is 0 Å². The molecular formula is C32H52F3N7O17. The van der Waals surface area contributed by atoms with Crippen LogP contribution < -0.4 is 21.3 Å². The van der Waals surface area contributed by atoms with Crippen LogP contribution in [-0.2, 0) is 38.0 Å². The number of carbonyl (C=O) groups is 4. The highest BCUT2D eigenvalue weighted by molar-refractivity contribution is 5.82. The maximum absolute atomic E-state index is 13.2. The van der Waals surface area contributed by atoms with E-state index in [0.717, 1.165) is 0 Å². The molecule has 3 rings (SSSR count). The second-order valence-corrected chi connectivity index (χ2v) is 15.8. The molecule has 2 saturated heterocycles. The average molecular weight is 864 g/mol. The third kappa shape index (κ3) is 13.8. The molecule has 1 aliphatic carbocycles. The minimum atomic E-state index is -5.50. The molecule has 27 heteroatoms. The largest absolute Gasteiger partial charge is 0.471 e. The van der Waals surface area contributed by atoms with E-state index < -0.39 is 159 Å². The number of ether oxygens (including phenoxy) is 6. The molecule has 3 fully saturated rings. The second-order valence-electron chi connectivity index (χ2n) is 15.8. The number of carbonyl (C=O) groups excluding carboxylic acids is 4. The lowest BCUT2D eigenvalue weighted by atomic mass is 9.83. The molecule has 3 aliphatic rings. The summed E-state index contributed by atoms with van der Waals surface area (Å²) in [7, 11) is 0. The molecule has 24 nitrogen and oxygen atoms in total. The first-order valence-electron chi connectivity index (χ1n) is 18.1. The Morgan fingerprint density at radius 1 is 0.729 bits per heavy atom. The predicted octanol–water partition coefficient (Wildman–Crippen LogP) is -2.97. The second kappa shape index (κ2) is 20.1. The Morgan fingerprint density at radius 3 is 1.78 bits per heavy atom. The van der Waals surface area contributed by atoms with Crippen LogP contribution in [0.4, 0.5) is 22.8 Å². The Labute approximate surface area is 334 Å². The van der Waals surface area contributed by atoms with Gasteiger partial charge in [0.1, 0.15) is 78.8 Å². The molecule has 11 N–H and O–H groups in total. The monoisotopic (exact) mass is 863 g/mol. The highest BCUT2D eigenvalue weighted by Crippen LogP contribution is 2.33. The van der Waals surface area contributed by atoms with E-state index in [9.17, 15) is 68.1 Å². The molecule has 1 saturated carbocycles. The molecule has 6 unspecified atom stereocenters. The highest BCUT2D eigenvalue weighted by Gasteiger charge is 2.55. The molecule has 59 heavy (non-hydrogen) atoms. The zero-order chi connectivity index (χ0) is 44.8. The number of halogens is 3. The fourth-order valence-corrected chi connectivity index (χ4v) is 6.25. The van der Waals surface area contributed by atoms with Gasteiger partial charge in [0.15, 0.2) is 12.6 Å². The van der Waals surface area contributed by atoms with Gasteiger partial charge in [-0.1, -0.05) is 5.11 Å². The van der Waals surface area contributed by atoms with Gasteiger partial charge in [-0.15, -0.1) is 0 Å². The van der Waals surface area contributed by atoms with Gasteiger partial charge in [-0.2, -0.15) is 13.2 Å². The quantitative estimate of drug-likeness (QED) is 0.0530. The number of alkyl halides is 3. The van der Waals surface area contributed by atoms with Gasteiger partial charge in [0.25, 0.3) is 0 Å². The number of hydrogen-bond donors (Lipinski definition) is 11. The molecule has 0 bridgehead atoms. The van der Waals surface area contributed by atoms with Gasteiger partial charge in [0.2, 0.25) is 5.91 Å². The van der Waals surface area contributed by atoms with Gasteiger partial charge in [-0.25, -0.2) is 9.59 Å².